The van der Waals surface area contributed by atoms with Crippen LogP contribution in [-0.2, 0) is 4.74 Å². The van der Waals surface area contributed by atoms with Crippen LogP contribution in [0.15, 0.2) is 54.6 Å². The van der Waals surface area contributed by atoms with Crippen molar-refractivity contribution in [3.05, 3.63) is 60.2 Å². The first-order valence-electron chi connectivity index (χ1n) is 5.71. The molecule has 0 saturated carbocycles. The molecular weight excluding hydrogens is 196 g/mol. The average molecular weight is 210 g/mol. The Kier molecular flexibility index (Phi) is 2.47. The van der Waals surface area contributed by atoms with Crippen molar-refractivity contribution in [2.45, 2.75) is 12.5 Å². The Balaban J connectivity index is 2.06. The Morgan fingerprint density at radius 1 is 0.875 bits per heavy atom. The monoisotopic (exact) mass is 210 g/mol. The van der Waals surface area contributed by atoms with Crippen LogP contribution < -0.4 is 0 Å². The molecule has 1 aliphatic rings. The zero-order valence-electron chi connectivity index (χ0n) is 9.10. The Morgan fingerprint density at radius 3 is 2.25 bits per heavy atom. The van der Waals surface area contributed by atoms with Gasteiger partial charge in [-0.15, -0.1) is 0 Å². The van der Waals surface area contributed by atoms with Gasteiger partial charge in [-0.05, 0) is 16.7 Å². The predicted molar refractivity (Wildman–Crippen MR) is 65.2 cm³/mol. The molecule has 1 nitrogen and oxygen atoms in total. The number of ether oxygens (including phenoxy) is 1. The van der Waals surface area contributed by atoms with Gasteiger partial charge in [0.1, 0.15) is 0 Å². The second-order valence-electron chi connectivity index (χ2n) is 4.10. The van der Waals surface area contributed by atoms with E-state index < -0.39 is 0 Å². The fraction of sp³-hybridized carbons (Fsp3) is 0.200. The third-order valence-electron chi connectivity index (χ3n) is 3.09. The molecule has 0 amide bonds. The van der Waals surface area contributed by atoms with Gasteiger partial charge in [-0.2, -0.15) is 0 Å². The van der Waals surface area contributed by atoms with E-state index in [1.54, 1.807) is 0 Å². The first-order valence-corrected chi connectivity index (χ1v) is 5.71. The maximum Gasteiger partial charge on any atom is 0.0852 e. The number of benzene rings is 2. The third kappa shape index (κ3) is 1.63. The Bertz CT molecular complexity index is 472. The van der Waals surface area contributed by atoms with Gasteiger partial charge in [0.15, 0.2) is 0 Å². The van der Waals surface area contributed by atoms with Crippen LogP contribution >= 0.6 is 0 Å². The molecule has 80 valence electrons. The fourth-order valence-corrected chi connectivity index (χ4v) is 2.14. The lowest BCUT2D eigenvalue weighted by atomic mass is 9.93. The van der Waals surface area contributed by atoms with Crippen LogP contribution in [0.2, 0.25) is 0 Å². The second-order valence-corrected chi connectivity index (χ2v) is 4.10. The SMILES string of the molecule is c1ccc(-c2ccccc2C2CCO2)cc1. The van der Waals surface area contributed by atoms with E-state index in [0.717, 1.165) is 13.0 Å². The van der Waals surface area contributed by atoms with Crippen LogP contribution in [0.5, 0.6) is 0 Å². The molecule has 0 radical (unpaired) electrons. The zero-order chi connectivity index (χ0) is 10.8. The van der Waals surface area contributed by atoms with Crippen molar-refractivity contribution >= 4 is 0 Å². The molecule has 16 heavy (non-hydrogen) atoms. The largest absolute Gasteiger partial charge is 0.373 e. The van der Waals surface area contributed by atoms with Gasteiger partial charge < -0.3 is 4.74 Å². The molecular formula is C15H14O. The number of hydrogen-bond acceptors (Lipinski definition) is 1. The van der Waals surface area contributed by atoms with Gasteiger partial charge in [0.05, 0.1) is 12.7 Å². The van der Waals surface area contributed by atoms with Crippen molar-refractivity contribution in [1.29, 1.82) is 0 Å². The van der Waals surface area contributed by atoms with Crippen molar-refractivity contribution in [2.24, 2.45) is 0 Å². The summed E-state index contributed by atoms with van der Waals surface area (Å²) in [6.45, 7) is 0.897. The maximum absolute atomic E-state index is 5.58. The van der Waals surface area contributed by atoms with Crippen LogP contribution in [0.3, 0.4) is 0 Å². The summed E-state index contributed by atoms with van der Waals surface area (Å²) >= 11 is 0. The minimum Gasteiger partial charge on any atom is -0.373 e. The third-order valence-corrected chi connectivity index (χ3v) is 3.09. The molecule has 2 aromatic carbocycles. The molecule has 0 aliphatic carbocycles. The fourth-order valence-electron chi connectivity index (χ4n) is 2.14. The van der Waals surface area contributed by atoms with E-state index in [-0.39, 0.29) is 0 Å². The highest BCUT2D eigenvalue weighted by Gasteiger charge is 2.22. The van der Waals surface area contributed by atoms with E-state index in [9.17, 15) is 0 Å². The van der Waals surface area contributed by atoms with E-state index >= 15 is 0 Å². The van der Waals surface area contributed by atoms with Crippen LogP contribution in [0, 0.1) is 0 Å². The lowest BCUT2D eigenvalue weighted by Gasteiger charge is -2.28. The van der Waals surface area contributed by atoms with Crippen LogP contribution in [0.4, 0.5) is 0 Å². The van der Waals surface area contributed by atoms with E-state index in [1.165, 1.54) is 16.7 Å². The van der Waals surface area contributed by atoms with Crippen molar-refractivity contribution in [3.63, 3.8) is 0 Å². The van der Waals surface area contributed by atoms with Crippen molar-refractivity contribution in [2.75, 3.05) is 6.61 Å². The second kappa shape index (κ2) is 4.11. The van der Waals surface area contributed by atoms with Gasteiger partial charge in [0, 0.05) is 6.42 Å². The molecule has 0 spiro atoms. The minimum absolute atomic E-state index is 0.302. The zero-order valence-corrected chi connectivity index (χ0v) is 9.10. The molecule has 0 N–H and O–H groups in total. The van der Waals surface area contributed by atoms with Crippen LogP contribution in [0.25, 0.3) is 11.1 Å². The molecule has 2 aromatic rings. The topological polar surface area (TPSA) is 9.23 Å². The molecule has 1 unspecified atom stereocenters. The van der Waals surface area contributed by atoms with Gasteiger partial charge in [-0.3, -0.25) is 0 Å². The number of hydrogen-bond donors (Lipinski definition) is 0. The van der Waals surface area contributed by atoms with E-state index in [4.69, 9.17) is 4.74 Å². The van der Waals surface area contributed by atoms with E-state index in [1.807, 2.05) is 6.07 Å². The standard InChI is InChI=1S/C15H14O/c1-2-6-12(7-3-1)13-8-4-5-9-14(13)15-10-11-16-15/h1-9,15H,10-11H2. The van der Waals surface area contributed by atoms with Gasteiger partial charge in [0.2, 0.25) is 0 Å². The predicted octanol–water partition coefficient (Wildman–Crippen LogP) is 3.82. The molecule has 0 aromatic heterocycles. The van der Waals surface area contributed by atoms with E-state index in [2.05, 4.69) is 48.5 Å². The molecule has 1 fully saturated rings. The number of rotatable bonds is 2. The highest BCUT2D eigenvalue weighted by Crippen LogP contribution is 2.35. The highest BCUT2D eigenvalue weighted by molar-refractivity contribution is 5.67. The summed E-state index contributed by atoms with van der Waals surface area (Å²) in [7, 11) is 0. The molecule has 1 aliphatic heterocycles. The van der Waals surface area contributed by atoms with Crippen molar-refractivity contribution < 1.29 is 4.74 Å². The Labute approximate surface area is 95.7 Å². The summed E-state index contributed by atoms with van der Waals surface area (Å²) < 4.78 is 5.58. The summed E-state index contributed by atoms with van der Waals surface area (Å²) in [5.41, 5.74) is 3.89. The maximum atomic E-state index is 5.58. The lowest BCUT2D eigenvalue weighted by Crippen LogP contribution is -2.18. The summed E-state index contributed by atoms with van der Waals surface area (Å²) in [6.07, 6.45) is 1.44. The summed E-state index contributed by atoms with van der Waals surface area (Å²) in [4.78, 5) is 0. The average Bonchev–Trinajstić information content (AvgIpc) is 2.29. The van der Waals surface area contributed by atoms with Crippen molar-refractivity contribution in [3.8, 4) is 11.1 Å². The Morgan fingerprint density at radius 2 is 1.56 bits per heavy atom. The molecule has 1 heteroatoms. The van der Waals surface area contributed by atoms with Crippen LogP contribution in [0.1, 0.15) is 18.1 Å². The first kappa shape index (κ1) is 9.61. The van der Waals surface area contributed by atoms with Gasteiger partial charge in [-0.25, -0.2) is 0 Å². The molecule has 0 bridgehead atoms. The summed E-state index contributed by atoms with van der Waals surface area (Å²) in [5, 5.41) is 0. The molecule has 1 heterocycles. The van der Waals surface area contributed by atoms with Crippen molar-refractivity contribution in [1.82, 2.24) is 0 Å². The van der Waals surface area contributed by atoms with Gasteiger partial charge in [-0.1, -0.05) is 54.6 Å². The first-order chi connectivity index (χ1) is 7.95. The summed E-state index contributed by atoms with van der Waals surface area (Å²) in [6, 6.07) is 19.0. The normalized spacial score (nSPS) is 19.1. The minimum atomic E-state index is 0.302. The highest BCUT2D eigenvalue weighted by atomic mass is 16.5. The molecule has 1 saturated heterocycles. The smallest absolute Gasteiger partial charge is 0.0852 e. The quantitative estimate of drug-likeness (QED) is 0.732. The summed E-state index contributed by atoms with van der Waals surface area (Å²) in [5.74, 6) is 0. The van der Waals surface area contributed by atoms with Gasteiger partial charge in [0.25, 0.3) is 0 Å². The van der Waals surface area contributed by atoms with Gasteiger partial charge >= 0.3 is 0 Å². The lowest BCUT2D eigenvalue weighted by molar-refractivity contribution is -0.0523. The Hall–Kier alpha value is -1.60. The molecule has 1 atom stereocenters. The van der Waals surface area contributed by atoms with E-state index in [0.29, 0.717) is 6.10 Å². The molecule has 3 rings (SSSR count). The van der Waals surface area contributed by atoms with Crippen LogP contribution in [-0.4, -0.2) is 6.61 Å².